The first-order chi connectivity index (χ1) is 8.89. The number of hydrogen-bond donors (Lipinski definition) is 2. The van der Waals surface area contributed by atoms with E-state index in [0.29, 0.717) is 16.5 Å². The summed E-state index contributed by atoms with van der Waals surface area (Å²) in [6, 6.07) is 1.80. The molecule has 0 aliphatic carbocycles. The highest BCUT2D eigenvalue weighted by Crippen LogP contribution is 2.25. The smallest absolute Gasteiger partial charge is 0.308 e. The largest absolute Gasteiger partial charge is 0.401 e. The number of rotatable bonds is 4. The number of nitrogens with zero attached hydrogens (tertiary/aromatic N) is 3. The van der Waals surface area contributed by atoms with E-state index in [1.165, 1.54) is 18.4 Å². The topological polar surface area (TPSA) is 67.1 Å². The number of hydrazine groups is 1. The van der Waals surface area contributed by atoms with Crippen LogP contribution in [-0.2, 0) is 6.54 Å². The Morgan fingerprint density at radius 2 is 2.16 bits per heavy atom. The van der Waals surface area contributed by atoms with Gasteiger partial charge in [-0.05, 0) is 18.5 Å². The zero-order chi connectivity index (χ0) is 14.0. The number of alkyl halides is 3. The Morgan fingerprint density at radius 3 is 2.79 bits per heavy atom. The molecule has 2 heterocycles. The summed E-state index contributed by atoms with van der Waals surface area (Å²) in [7, 11) is 1.37. The number of aromatic nitrogens is 2. The first-order valence-electron chi connectivity index (χ1n) is 5.35. The van der Waals surface area contributed by atoms with E-state index in [2.05, 4.69) is 15.4 Å². The van der Waals surface area contributed by atoms with Gasteiger partial charge in [-0.1, -0.05) is 0 Å². The molecule has 0 aromatic carbocycles. The predicted molar refractivity (Wildman–Crippen MR) is 67.6 cm³/mol. The molecule has 0 saturated heterocycles. The van der Waals surface area contributed by atoms with Crippen molar-refractivity contribution in [2.24, 2.45) is 5.84 Å². The molecule has 104 valence electrons. The third-order valence-corrected chi connectivity index (χ3v) is 3.18. The number of thiophene rings is 1. The van der Waals surface area contributed by atoms with Gasteiger partial charge in [-0.2, -0.15) is 13.2 Å². The third-order valence-electron chi connectivity index (χ3n) is 2.37. The summed E-state index contributed by atoms with van der Waals surface area (Å²) in [6.45, 7) is -1.01. The molecule has 19 heavy (non-hydrogen) atoms. The van der Waals surface area contributed by atoms with Crippen LogP contribution in [0.15, 0.2) is 11.4 Å². The summed E-state index contributed by atoms with van der Waals surface area (Å²) in [5, 5.41) is 2.58. The van der Waals surface area contributed by atoms with Crippen LogP contribution in [0.5, 0.6) is 0 Å². The van der Waals surface area contributed by atoms with Crippen molar-refractivity contribution >= 4 is 27.4 Å². The van der Waals surface area contributed by atoms with E-state index in [1.54, 1.807) is 6.07 Å². The number of nitrogen functional groups attached to an aromatic ring is 1. The normalized spacial score (nSPS) is 12.3. The van der Waals surface area contributed by atoms with Crippen molar-refractivity contribution in [3.8, 4) is 0 Å². The lowest BCUT2D eigenvalue weighted by atomic mass is 10.3. The molecule has 9 heteroatoms. The second-order valence-corrected chi connectivity index (χ2v) is 4.95. The van der Waals surface area contributed by atoms with Gasteiger partial charge in [0.1, 0.15) is 10.7 Å². The van der Waals surface area contributed by atoms with Crippen LogP contribution in [0.2, 0.25) is 0 Å². The van der Waals surface area contributed by atoms with Crippen LogP contribution < -0.4 is 11.3 Å². The maximum atomic E-state index is 12.2. The maximum Gasteiger partial charge on any atom is 0.401 e. The molecular formula is C10H12F3N5S. The van der Waals surface area contributed by atoms with Gasteiger partial charge in [0.15, 0.2) is 5.82 Å². The fourth-order valence-electron chi connectivity index (χ4n) is 1.68. The van der Waals surface area contributed by atoms with Crippen molar-refractivity contribution < 1.29 is 13.2 Å². The highest BCUT2D eigenvalue weighted by Gasteiger charge is 2.29. The standard InChI is InChI=1S/C10H12F3N5S/c1-18(5-10(11,12)13)4-7-15-8(17-14)6-2-3-19-9(6)16-7/h2-3H,4-5,14H2,1H3,(H,15,16,17). The minimum Gasteiger partial charge on any atom is -0.308 e. The van der Waals surface area contributed by atoms with Gasteiger partial charge in [0.2, 0.25) is 0 Å². The highest BCUT2D eigenvalue weighted by molar-refractivity contribution is 7.16. The van der Waals surface area contributed by atoms with Gasteiger partial charge >= 0.3 is 6.18 Å². The lowest BCUT2D eigenvalue weighted by molar-refractivity contribution is -0.144. The molecule has 0 bridgehead atoms. The zero-order valence-electron chi connectivity index (χ0n) is 10.0. The van der Waals surface area contributed by atoms with Crippen molar-refractivity contribution in [2.75, 3.05) is 19.0 Å². The average molecular weight is 291 g/mol. The summed E-state index contributed by atoms with van der Waals surface area (Å²) in [5.74, 6) is 6.07. The molecule has 0 saturated carbocycles. The summed E-state index contributed by atoms with van der Waals surface area (Å²) >= 11 is 1.38. The first kappa shape index (κ1) is 14.0. The lowest BCUT2D eigenvalue weighted by Gasteiger charge is -2.17. The molecule has 2 rings (SSSR count). The second kappa shape index (κ2) is 5.27. The molecule has 2 aromatic rings. The van der Waals surface area contributed by atoms with Crippen LogP contribution in [0.1, 0.15) is 5.82 Å². The molecule has 0 amide bonds. The molecule has 0 unspecified atom stereocenters. The van der Waals surface area contributed by atoms with Crippen LogP contribution in [0.3, 0.4) is 0 Å². The average Bonchev–Trinajstić information content (AvgIpc) is 2.73. The van der Waals surface area contributed by atoms with Gasteiger partial charge in [0, 0.05) is 0 Å². The number of fused-ring (bicyclic) bond motifs is 1. The Morgan fingerprint density at radius 1 is 1.42 bits per heavy atom. The number of hydrogen-bond acceptors (Lipinski definition) is 6. The van der Waals surface area contributed by atoms with Gasteiger partial charge in [-0.25, -0.2) is 15.8 Å². The number of nitrogens with two attached hydrogens (primary N) is 1. The number of halogens is 3. The van der Waals surface area contributed by atoms with Crippen LogP contribution in [0.4, 0.5) is 19.0 Å². The minimum absolute atomic E-state index is 0.00201. The van der Waals surface area contributed by atoms with Crippen molar-refractivity contribution in [3.63, 3.8) is 0 Å². The summed E-state index contributed by atoms with van der Waals surface area (Å²) < 4.78 is 36.7. The molecule has 5 nitrogen and oxygen atoms in total. The number of anilines is 1. The minimum atomic E-state index is -4.24. The van der Waals surface area contributed by atoms with Crippen LogP contribution in [0, 0.1) is 0 Å². The molecule has 0 fully saturated rings. The summed E-state index contributed by atoms with van der Waals surface area (Å²) in [6.07, 6.45) is -4.24. The quantitative estimate of drug-likeness (QED) is 0.666. The summed E-state index contributed by atoms with van der Waals surface area (Å²) in [5.41, 5.74) is 2.43. The van der Waals surface area contributed by atoms with Crippen molar-refractivity contribution in [1.29, 1.82) is 0 Å². The van der Waals surface area contributed by atoms with E-state index in [-0.39, 0.29) is 6.54 Å². The Balaban J connectivity index is 2.21. The van der Waals surface area contributed by atoms with Crippen molar-refractivity contribution in [1.82, 2.24) is 14.9 Å². The Hall–Kier alpha value is -1.45. The molecule has 3 N–H and O–H groups in total. The predicted octanol–water partition coefficient (Wildman–Crippen LogP) is 1.97. The van der Waals surface area contributed by atoms with Crippen LogP contribution >= 0.6 is 11.3 Å². The maximum absolute atomic E-state index is 12.2. The second-order valence-electron chi connectivity index (χ2n) is 4.06. The molecule has 0 atom stereocenters. The number of nitrogens with one attached hydrogen (secondary N) is 1. The van der Waals surface area contributed by atoms with Gasteiger partial charge in [-0.15, -0.1) is 11.3 Å². The molecule has 0 aliphatic rings. The van der Waals surface area contributed by atoms with E-state index in [1.807, 2.05) is 5.38 Å². The van der Waals surface area contributed by atoms with Crippen molar-refractivity contribution in [3.05, 3.63) is 17.3 Å². The zero-order valence-corrected chi connectivity index (χ0v) is 10.8. The van der Waals surface area contributed by atoms with Crippen LogP contribution in [-0.4, -0.2) is 34.6 Å². The third kappa shape index (κ3) is 3.52. The van der Waals surface area contributed by atoms with Gasteiger partial charge < -0.3 is 5.43 Å². The van der Waals surface area contributed by atoms with Gasteiger partial charge in [-0.3, -0.25) is 4.90 Å². The van der Waals surface area contributed by atoms with E-state index in [0.717, 1.165) is 10.3 Å². The van der Waals surface area contributed by atoms with E-state index >= 15 is 0 Å². The van der Waals surface area contributed by atoms with E-state index in [9.17, 15) is 13.2 Å². The molecule has 0 radical (unpaired) electrons. The van der Waals surface area contributed by atoms with Gasteiger partial charge in [0.05, 0.1) is 18.5 Å². The Bertz CT molecular complexity index is 568. The molecule has 2 aromatic heterocycles. The van der Waals surface area contributed by atoms with Crippen LogP contribution in [0.25, 0.3) is 10.2 Å². The van der Waals surface area contributed by atoms with E-state index in [4.69, 9.17) is 5.84 Å². The monoisotopic (exact) mass is 291 g/mol. The highest BCUT2D eigenvalue weighted by atomic mass is 32.1. The fourth-order valence-corrected chi connectivity index (χ4v) is 2.47. The molecular weight excluding hydrogens is 279 g/mol. The fraction of sp³-hybridized carbons (Fsp3) is 0.400. The molecule has 0 spiro atoms. The van der Waals surface area contributed by atoms with Gasteiger partial charge in [0.25, 0.3) is 0 Å². The first-order valence-corrected chi connectivity index (χ1v) is 6.23. The lowest BCUT2D eigenvalue weighted by Crippen LogP contribution is -2.31. The SMILES string of the molecule is CN(Cc1nc(NN)c2ccsc2n1)CC(F)(F)F. The Labute approximate surface area is 111 Å². The molecule has 0 aliphatic heterocycles. The summed E-state index contributed by atoms with van der Waals surface area (Å²) in [4.78, 5) is 10.1. The Kier molecular flexibility index (Phi) is 3.88. The van der Waals surface area contributed by atoms with Crippen molar-refractivity contribution in [2.45, 2.75) is 12.7 Å². The van der Waals surface area contributed by atoms with E-state index < -0.39 is 12.7 Å².